The Kier molecular flexibility index (Phi) is 6.10. The van der Waals surface area contributed by atoms with Gasteiger partial charge in [-0.05, 0) is 60.8 Å². The van der Waals surface area contributed by atoms with Crippen LogP contribution in [0.25, 0.3) is 0 Å². The molecule has 2 aromatic rings. The van der Waals surface area contributed by atoms with E-state index in [0.717, 1.165) is 41.1 Å². The summed E-state index contributed by atoms with van der Waals surface area (Å²) in [5, 5.41) is 7.68. The van der Waals surface area contributed by atoms with Crippen LogP contribution in [-0.2, 0) is 6.54 Å². The number of pyridine rings is 1. The molecule has 1 aromatic heterocycles. The molecule has 1 saturated heterocycles. The van der Waals surface area contributed by atoms with E-state index in [1.165, 1.54) is 12.8 Å². The summed E-state index contributed by atoms with van der Waals surface area (Å²) in [5.74, 6) is 1.77. The van der Waals surface area contributed by atoms with E-state index in [0.29, 0.717) is 11.7 Å². The average Bonchev–Trinajstić information content (AvgIpc) is 2.62. The predicted octanol–water partition coefficient (Wildman–Crippen LogP) is 4.46. The molecule has 1 fully saturated rings. The zero-order valence-corrected chi connectivity index (χ0v) is 15.9. The normalized spacial score (nSPS) is 17.2. The molecule has 0 bridgehead atoms. The molecule has 3 rings (SSSR count). The van der Waals surface area contributed by atoms with Gasteiger partial charge in [0.2, 0.25) is 0 Å². The monoisotopic (exact) mass is 374 g/mol. The van der Waals surface area contributed by atoms with Gasteiger partial charge in [-0.3, -0.25) is 0 Å². The predicted molar refractivity (Wildman–Crippen MR) is 109 cm³/mol. The molecule has 1 aliphatic rings. The van der Waals surface area contributed by atoms with Gasteiger partial charge in [-0.25, -0.2) is 4.98 Å². The molecule has 1 unspecified atom stereocenters. The fourth-order valence-electron chi connectivity index (χ4n) is 3.00. The number of rotatable bonds is 4. The van der Waals surface area contributed by atoms with Gasteiger partial charge in [-0.2, -0.15) is 0 Å². The van der Waals surface area contributed by atoms with E-state index < -0.39 is 0 Å². The third-order valence-corrected chi connectivity index (χ3v) is 4.85. The van der Waals surface area contributed by atoms with Crippen molar-refractivity contribution >= 4 is 40.4 Å². The Hall–Kier alpha value is -1.85. The minimum Gasteiger partial charge on any atom is -0.358 e. The van der Waals surface area contributed by atoms with Gasteiger partial charge in [0.05, 0.1) is 11.9 Å². The first-order valence-corrected chi connectivity index (χ1v) is 9.39. The summed E-state index contributed by atoms with van der Waals surface area (Å²) < 4.78 is 0. The molecule has 132 valence electrons. The number of aromatic nitrogens is 1. The lowest BCUT2D eigenvalue weighted by molar-refractivity contribution is 0.444. The molecule has 0 spiro atoms. The van der Waals surface area contributed by atoms with Gasteiger partial charge in [0.15, 0.2) is 5.11 Å². The van der Waals surface area contributed by atoms with Crippen LogP contribution in [0.2, 0.25) is 5.02 Å². The van der Waals surface area contributed by atoms with E-state index >= 15 is 0 Å². The largest absolute Gasteiger partial charge is 0.358 e. The molecule has 1 atom stereocenters. The van der Waals surface area contributed by atoms with Crippen molar-refractivity contribution in [2.24, 2.45) is 5.92 Å². The molecule has 0 saturated carbocycles. The van der Waals surface area contributed by atoms with Crippen LogP contribution in [-0.4, -0.2) is 23.2 Å². The minimum atomic E-state index is 0.580. The average molecular weight is 375 g/mol. The second-order valence-electron chi connectivity index (χ2n) is 6.53. The van der Waals surface area contributed by atoms with Crippen molar-refractivity contribution in [3.05, 3.63) is 53.2 Å². The summed E-state index contributed by atoms with van der Waals surface area (Å²) in [6, 6.07) is 11.8. The van der Waals surface area contributed by atoms with E-state index in [1.807, 2.05) is 36.5 Å². The van der Waals surface area contributed by atoms with Crippen LogP contribution >= 0.6 is 23.8 Å². The number of nitrogens with one attached hydrogen (secondary N) is 2. The van der Waals surface area contributed by atoms with Crippen molar-refractivity contribution in [3.63, 3.8) is 0 Å². The van der Waals surface area contributed by atoms with Gasteiger partial charge in [0.1, 0.15) is 5.82 Å². The van der Waals surface area contributed by atoms with E-state index in [-0.39, 0.29) is 0 Å². The number of hydrogen-bond donors (Lipinski definition) is 2. The molecule has 4 nitrogen and oxygen atoms in total. The summed E-state index contributed by atoms with van der Waals surface area (Å²) in [5.41, 5.74) is 2.02. The van der Waals surface area contributed by atoms with Crippen LogP contribution < -0.4 is 15.5 Å². The smallest absolute Gasteiger partial charge is 0.171 e. The van der Waals surface area contributed by atoms with Crippen molar-refractivity contribution < 1.29 is 0 Å². The Morgan fingerprint density at radius 2 is 2.08 bits per heavy atom. The molecule has 2 N–H and O–H groups in total. The van der Waals surface area contributed by atoms with Gasteiger partial charge in [-0.1, -0.05) is 30.7 Å². The molecule has 6 heteroatoms. The number of benzene rings is 1. The Morgan fingerprint density at radius 1 is 1.28 bits per heavy atom. The number of anilines is 2. The minimum absolute atomic E-state index is 0.580. The molecule has 1 aliphatic heterocycles. The molecule has 0 radical (unpaired) electrons. The van der Waals surface area contributed by atoms with E-state index in [2.05, 4.69) is 33.5 Å². The summed E-state index contributed by atoms with van der Waals surface area (Å²) >= 11 is 11.2. The van der Waals surface area contributed by atoms with Crippen LogP contribution in [0, 0.1) is 5.92 Å². The van der Waals surface area contributed by atoms with Gasteiger partial charge in [0, 0.05) is 24.7 Å². The zero-order chi connectivity index (χ0) is 17.6. The Labute approximate surface area is 159 Å². The number of thiocarbonyl (C=S) groups is 1. The maximum absolute atomic E-state index is 5.89. The third-order valence-electron chi connectivity index (χ3n) is 4.35. The van der Waals surface area contributed by atoms with Crippen molar-refractivity contribution in [2.45, 2.75) is 26.3 Å². The highest BCUT2D eigenvalue weighted by atomic mass is 35.5. The maximum atomic E-state index is 5.89. The standard InChI is InChI=1S/C19H23ClN4S/c1-14-3-2-10-24(13-14)18-9-8-17(12-21-18)23-19(25)22-11-15-4-6-16(20)7-5-15/h4-9,12,14H,2-3,10-11,13H2,1H3,(H2,22,23,25). The maximum Gasteiger partial charge on any atom is 0.171 e. The topological polar surface area (TPSA) is 40.2 Å². The lowest BCUT2D eigenvalue weighted by Crippen LogP contribution is -2.34. The fourth-order valence-corrected chi connectivity index (χ4v) is 3.32. The van der Waals surface area contributed by atoms with Crippen LogP contribution in [0.3, 0.4) is 0 Å². The van der Waals surface area contributed by atoms with Gasteiger partial charge in [-0.15, -0.1) is 0 Å². The highest BCUT2D eigenvalue weighted by Gasteiger charge is 2.17. The highest BCUT2D eigenvalue weighted by molar-refractivity contribution is 7.80. The quantitative estimate of drug-likeness (QED) is 0.773. The number of nitrogens with zero attached hydrogens (tertiary/aromatic N) is 2. The first-order valence-electron chi connectivity index (χ1n) is 8.60. The first-order chi connectivity index (χ1) is 12.1. The van der Waals surface area contributed by atoms with E-state index in [9.17, 15) is 0 Å². The van der Waals surface area contributed by atoms with Crippen molar-refractivity contribution in [2.75, 3.05) is 23.3 Å². The number of piperidine rings is 1. The molecule has 0 aliphatic carbocycles. The van der Waals surface area contributed by atoms with E-state index in [1.54, 1.807) is 0 Å². The molecular formula is C19H23ClN4S. The number of halogens is 1. The summed E-state index contributed by atoms with van der Waals surface area (Å²) in [4.78, 5) is 6.94. The van der Waals surface area contributed by atoms with Gasteiger partial charge in [0.25, 0.3) is 0 Å². The zero-order valence-electron chi connectivity index (χ0n) is 14.3. The third kappa shape index (κ3) is 5.31. The lowest BCUT2D eigenvalue weighted by atomic mass is 10.0. The summed E-state index contributed by atoms with van der Waals surface area (Å²) in [6.45, 7) is 5.12. The molecule has 25 heavy (non-hydrogen) atoms. The Morgan fingerprint density at radius 3 is 2.76 bits per heavy atom. The van der Waals surface area contributed by atoms with Crippen molar-refractivity contribution in [1.82, 2.24) is 10.3 Å². The molecule has 0 amide bonds. The van der Waals surface area contributed by atoms with Gasteiger partial charge < -0.3 is 15.5 Å². The molecule has 1 aromatic carbocycles. The SMILES string of the molecule is CC1CCCN(c2ccc(NC(=S)NCc3ccc(Cl)cc3)cn2)C1. The van der Waals surface area contributed by atoms with Crippen LogP contribution in [0.15, 0.2) is 42.6 Å². The van der Waals surface area contributed by atoms with Crippen LogP contribution in [0.5, 0.6) is 0 Å². The summed E-state index contributed by atoms with van der Waals surface area (Å²) in [6.07, 6.45) is 4.39. The second kappa shape index (κ2) is 8.50. The van der Waals surface area contributed by atoms with Crippen molar-refractivity contribution in [3.8, 4) is 0 Å². The van der Waals surface area contributed by atoms with Crippen LogP contribution in [0.4, 0.5) is 11.5 Å². The first kappa shape index (κ1) is 18.0. The second-order valence-corrected chi connectivity index (χ2v) is 7.38. The van der Waals surface area contributed by atoms with Gasteiger partial charge >= 0.3 is 0 Å². The Bertz CT molecular complexity index is 702. The fraction of sp³-hybridized carbons (Fsp3) is 0.368. The lowest BCUT2D eigenvalue weighted by Gasteiger charge is -2.31. The highest BCUT2D eigenvalue weighted by Crippen LogP contribution is 2.22. The molecular weight excluding hydrogens is 352 g/mol. The van der Waals surface area contributed by atoms with Crippen molar-refractivity contribution in [1.29, 1.82) is 0 Å². The van der Waals surface area contributed by atoms with Crippen LogP contribution in [0.1, 0.15) is 25.3 Å². The molecule has 2 heterocycles. The summed E-state index contributed by atoms with van der Waals surface area (Å²) in [7, 11) is 0. The Balaban J connectivity index is 1.50. The number of hydrogen-bond acceptors (Lipinski definition) is 3. The van der Waals surface area contributed by atoms with E-state index in [4.69, 9.17) is 23.8 Å².